The summed E-state index contributed by atoms with van der Waals surface area (Å²) in [5.74, 6) is 1.54. The van der Waals surface area contributed by atoms with E-state index in [-0.39, 0.29) is 5.54 Å². The van der Waals surface area contributed by atoms with Gasteiger partial charge in [0.2, 0.25) is 0 Å². The monoisotopic (exact) mass is 251 g/mol. The molecule has 3 heterocycles. The Balaban J connectivity index is 1.77. The SMILES string of the molecule is CN(C)CCN1C(N)=NCC12CCN1CCC2C1. The highest BCUT2D eigenvalue weighted by Crippen LogP contribution is 2.42. The van der Waals surface area contributed by atoms with Crippen LogP contribution in [0.3, 0.4) is 0 Å². The Bertz CT molecular complexity index is 353. The van der Waals surface area contributed by atoms with E-state index in [0.717, 1.165) is 31.5 Å². The van der Waals surface area contributed by atoms with Gasteiger partial charge in [-0.05, 0) is 39.4 Å². The molecule has 2 N–H and O–H groups in total. The lowest BCUT2D eigenvalue weighted by Crippen LogP contribution is -2.60. The van der Waals surface area contributed by atoms with Crippen LogP contribution in [0.1, 0.15) is 12.8 Å². The minimum absolute atomic E-state index is 0.243. The summed E-state index contributed by atoms with van der Waals surface area (Å²) in [5, 5.41) is 0. The summed E-state index contributed by atoms with van der Waals surface area (Å²) in [5.41, 5.74) is 6.39. The summed E-state index contributed by atoms with van der Waals surface area (Å²) in [6, 6.07) is 0. The van der Waals surface area contributed by atoms with Crippen LogP contribution >= 0.6 is 0 Å². The van der Waals surface area contributed by atoms with Crippen LogP contribution in [0, 0.1) is 5.92 Å². The van der Waals surface area contributed by atoms with E-state index in [1.165, 1.54) is 32.5 Å². The smallest absolute Gasteiger partial charge is 0.191 e. The van der Waals surface area contributed by atoms with E-state index >= 15 is 0 Å². The highest BCUT2D eigenvalue weighted by Gasteiger charge is 2.52. The third kappa shape index (κ3) is 1.80. The van der Waals surface area contributed by atoms with E-state index < -0.39 is 0 Å². The Hall–Kier alpha value is -0.810. The third-order valence-corrected chi connectivity index (χ3v) is 4.99. The molecule has 0 aliphatic carbocycles. The molecule has 3 unspecified atom stereocenters. The van der Waals surface area contributed by atoms with Crippen molar-refractivity contribution >= 4 is 5.96 Å². The Labute approximate surface area is 110 Å². The highest BCUT2D eigenvalue weighted by atomic mass is 15.4. The zero-order valence-electron chi connectivity index (χ0n) is 11.6. The molecular formula is C13H25N5. The normalized spacial score (nSPS) is 38.8. The Morgan fingerprint density at radius 3 is 3.06 bits per heavy atom. The molecule has 5 heteroatoms. The summed E-state index contributed by atoms with van der Waals surface area (Å²) in [7, 11) is 4.24. The van der Waals surface area contributed by atoms with E-state index in [1.54, 1.807) is 0 Å². The van der Waals surface area contributed by atoms with Crippen molar-refractivity contribution in [2.24, 2.45) is 16.6 Å². The number of nitrogens with zero attached hydrogens (tertiary/aromatic N) is 4. The van der Waals surface area contributed by atoms with Crippen LogP contribution in [0.25, 0.3) is 0 Å². The van der Waals surface area contributed by atoms with Crippen LogP contribution < -0.4 is 5.73 Å². The van der Waals surface area contributed by atoms with Gasteiger partial charge in [-0.25, -0.2) is 0 Å². The summed E-state index contributed by atoms with van der Waals surface area (Å²) in [4.78, 5) is 11.8. The predicted octanol–water partition coefficient (Wildman–Crippen LogP) is -0.357. The van der Waals surface area contributed by atoms with Crippen molar-refractivity contribution in [2.75, 3.05) is 53.4 Å². The van der Waals surface area contributed by atoms with E-state index in [2.05, 4.69) is 33.8 Å². The van der Waals surface area contributed by atoms with Gasteiger partial charge in [-0.1, -0.05) is 0 Å². The van der Waals surface area contributed by atoms with Crippen molar-refractivity contribution < 1.29 is 0 Å². The molecule has 2 bridgehead atoms. The molecular weight excluding hydrogens is 226 g/mol. The molecule has 1 spiro atoms. The zero-order valence-corrected chi connectivity index (χ0v) is 11.6. The van der Waals surface area contributed by atoms with Gasteiger partial charge in [0.15, 0.2) is 5.96 Å². The van der Waals surface area contributed by atoms with E-state index in [9.17, 15) is 0 Å². The summed E-state index contributed by atoms with van der Waals surface area (Å²) in [6.07, 6.45) is 2.55. The van der Waals surface area contributed by atoms with Gasteiger partial charge in [0.25, 0.3) is 0 Å². The number of nitrogens with two attached hydrogens (primary N) is 1. The Morgan fingerprint density at radius 2 is 2.28 bits per heavy atom. The molecule has 3 aliphatic heterocycles. The number of guanidine groups is 1. The lowest BCUT2D eigenvalue weighted by molar-refractivity contribution is 0.0672. The standard InChI is InChI=1S/C13H25N5/c1-16(2)7-8-18-12(14)15-10-13(18)4-6-17-5-3-11(13)9-17/h11H,3-10H2,1-2H3,(H2,14,15). The van der Waals surface area contributed by atoms with Crippen molar-refractivity contribution in [1.29, 1.82) is 0 Å². The molecule has 3 aliphatic rings. The number of hydrogen-bond acceptors (Lipinski definition) is 5. The number of fused-ring (bicyclic) bond motifs is 3. The van der Waals surface area contributed by atoms with Crippen molar-refractivity contribution in [3.05, 3.63) is 0 Å². The molecule has 0 amide bonds. The van der Waals surface area contributed by atoms with Crippen LogP contribution in [0.4, 0.5) is 0 Å². The van der Waals surface area contributed by atoms with Gasteiger partial charge in [-0.2, -0.15) is 0 Å². The molecule has 3 atom stereocenters. The average Bonchev–Trinajstić information content (AvgIpc) is 2.86. The lowest BCUT2D eigenvalue weighted by atomic mass is 9.78. The van der Waals surface area contributed by atoms with Gasteiger partial charge in [0.1, 0.15) is 0 Å². The lowest BCUT2D eigenvalue weighted by Gasteiger charge is -2.47. The maximum absolute atomic E-state index is 6.15. The van der Waals surface area contributed by atoms with E-state index in [4.69, 9.17) is 5.73 Å². The molecule has 0 aromatic rings. The van der Waals surface area contributed by atoms with Crippen LogP contribution in [0.5, 0.6) is 0 Å². The van der Waals surface area contributed by atoms with Crippen LogP contribution in [-0.2, 0) is 0 Å². The molecule has 0 aromatic carbocycles. The van der Waals surface area contributed by atoms with Gasteiger partial charge >= 0.3 is 0 Å². The second kappa shape index (κ2) is 4.38. The minimum Gasteiger partial charge on any atom is -0.370 e. The van der Waals surface area contributed by atoms with Gasteiger partial charge in [0, 0.05) is 26.2 Å². The van der Waals surface area contributed by atoms with Gasteiger partial charge in [0.05, 0.1) is 12.1 Å². The van der Waals surface area contributed by atoms with Crippen LogP contribution in [0.15, 0.2) is 4.99 Å². The fourth-order valence-corrected chi connectivity index (χ4v) is 3.85. The van der Waals surface area contributed by atoms with Crippen molar-refractivity contribution in [1.82, 2.24) is 14.7 Å². The molecule has 3 rings (SSSR count). The number of likely N-dealkylation sites (N-methyl/N-ethyl adjacent to an activating group) is 1. The minimum atomic E-state index is 0.243. The molecule has 18 heavy (non-hydrogen) atoms. The first kappa shape index (κ1) is 12.2. The van der Waals surface area contributed by atoms with E-state index in [1.807, 2.05) is 0 Å². The second-order valence-electron chi connectivity index (χ2n) is 6.27. The first-order valence-corrected chi connectivity index (χ1v) is 7.06. The maximum atomic E-state index is 6.15. The van der Waals surface area contributed by atoms with Gasteiger partial charge in [-0.3, -0.25) is 4.99 Å². The first-order chi connectivity index (χ1) is 8.62. The van der Waals surface area contributed by atoms with Crippen molar-refractivity contribution in [3.8, 4) is 0 Å². The van der Waals surface area contributed by atoms with Gasteiger partial charge < -0.3 is 20.4 Å². The molecule has 102 valence electrons. The zero-order chi connectivity index (χ0) is 12.8. The quantitative estimate of drug-likeness (QED) is 0.744. The van der Waals surface area contributed by atoms with Crippen LogP contribution in [-0.4, -0.2) is 79.6 Å². The summed E-state index contributed by atoms with van der Waals surface area (Å²) >= 11 is 0. The predicted molar refractivity (Wildman–Crippen MR) is 73.6 cm³/mol. The van der Waals surface area contributed by atoms with E-state index in [0.29, 0.717) is 0 Å². The van der Waals surface area contributed by atoms with Crippen molar-refractivity contribution in [3.63, 3.8) is 0 Å². The van der Waals surface area contributed by atoms with Gasteiger partial charge in [-0.15, -0.1) is 0 Å². The fourth-order valence-electron chi connectivity index (χ4n) is 3.85. The Morgan fingerprint density at radius 1 is 1.44 bits per heavy atom. The summed E-state index contributed by atoms with van der Waals surface area (Å²) in [6.45, 7) is 6.73. The third-order valence-electron chi connectivity index (χ3n) is 4.99. The fraction of sp³-hybridized carbons (Fsp3) is 0.923. The molecule has 2 fully saturated rings. The summed E-state index contributed by atoms with van der Waals surface area (Å²) < 4.78 is 0. The number of hydrogen-bond donors (Lipinski definition) is 1. The van der Waals surface area contributed by atoms with Crippen molar-refractivity contribution in [2.45, 2.75) is 18.4 Å². The number of piperidine rings is 1. The number of aliphatic imine (C=N–C) groups is 1. The molecule has 0 radical (unpaired) electrons. The Kier molecular flexibility index (Phi) is 2.98. The average molecular weight is 251 g/mol. The van der Waals surface area contributed by atoms with Crippen LogP contribution in [0.2, 0.25) is 0 Å². The molecule has 5 nitrogen and oxygen atoms in total. The molecule has 0 aromatic heterocycles. The first-order valence-electron chi connectivity index (χ1n) is 7.06. The largest absolute Gasteiger partial charge is 0.370 e. The molecule has 0 saturated carbocycles. The second-order valence-corrected chi connectivity index (χ2v) is 6.27. The number of rotatable bonds is 3. The topological polar surface area (TPSA) is 48.1 Å². The molecule has 2 saturated heterocycles. The highest BCUT2D eigenvalue weighted by molar-refractivity contribution is 5.81. The maximum Gasteiger partial charge on any atom is 0.191 e.